The van der Waals surface area contributed by atoms with Gasteiger partial charge in [0.1, 0.15) is 0 Å². The average Bonchev–Trinajstić information content (AvgIpc) is 2.73. The van der Waals surface area contributed by atoms with Crippen LogP contribution in [-0.4, -0.2) is 53.0 Å². The lowest BCUT2D eigenvalue weighted by Crippen LogP contribution is -2.66. The third kappa shape index (κ3) is 2.34. The van der Waals surface area contributed by atoms with Gasteiger partial charge in [0.25, 0.3) is 0 Å². The van der Waals surface area contributed by atoms with Gasteiger partial charge in [-0.3, -0.25) is 4.79 Å². The zero-order valence-corrected chi connectivity index (χ0v) is 15.4. The minimum Gasteiger partial charge on any atom is -0.351 e. The van der Waals surface area contributed by atoms with E-state index in [0.29, 0.717) is 29.8 Å². The number of nitrogens with zero attached hydrogens (tertiary/aromatic N) is 2. The number of nitrogens with one attached hydrogen (secondary N) is 1. The highest BCUT2D eigenvalue weighted by atomic mass is 16.2. The van der Waals surface area contributed by atoms with Crippen molar-refractivity contribution in [2.45, 2.75) is 70.5 Å². The summed E-state index contributed by atoms with van der Waals surface area (Å²) in [6.45, 7) is 6.94. The zero-order chi connectivity index (χ0) is 17.2. The Labute approximate surface area is 145 Å². The Bertz CT molecular complexity index is 545. The summed E-state index contributed by atoms with van der Waals surface area (Å²) in [4.78, 5) is 28.7. The first-order valence-electron chi connectivity index (χ1n) is 9.62. The maximum absolute atomic E-state index is 12.9. The summed E-state index contributed by atoms with van der Waals surface area (Å²) in [6, 6.07) is 0.945. The van der Waals surface area contributed by atoms with Gasteiger partial charge in [0.05, 0.1) is 6.04 Å². The second-order valence-corrected chi connectivity index (χ2v) is 9.28. The normalized spacial score (nSPS) is 43.9. The molecule has 4 aliphatic carbocycles. The first-order valence-corrected chi connectivity index (χ1v) is 9.62. The van der Waals surface area contributed by atoms with E-state index in [1.807, 2.05) is 11.9 Å². The number of amides is 3. The molecule has 5 fully saturated rings. The van der Waals surface area contributed by atoms with Crippen LogP contribution in [0.3, 0.4) is 0 Å². The van der Waals surface area contributed by atoms with Crippen LogP contribution in [0, 0.1) is 23.7 Å². The first kappa shape index (κ1) is 16.2. The molecule has 3 amide bonds. The quantitative estimate of drug-likeness (QED) is 0.862. The molecule has 24 heavy (non-hydrogen) atoms. The Hall–Kier alpha value is -1.26. The van der Waals surface area contributed by atoms with Crippen LogP contribution in [0.2, 0.25) is 0 Å². The van der Waals surface area contributed by atoms with Gasteiger partial charge in [-0.2, -0.15) is 0 Å². The highest BCUT2D eigenvalue weighted by Gasteiger charge is 2.58. The lowest BCUT2D eigenvalue weighted by molar-refractivity contribution is -0.127. The van der Waals surface area contributed by atoms with Gasteiger partial charge in [0.2, 0.25) is 5.91 Å². The molecule has 0 spiro atoms. The SMILES string of the molecule is CC(=O)NC12CC3CC(C1)C(N1CC(C(C)C)N(C)C1=O)C(C3)C2. The molecule has 5 aliphatic rings. The molecule has 1 saturated heterocycles. The van der Waals surface area contributed by atoms with E-state index >= 15 is 0 Å². The maximum Gasteiger partial charge on any atom is 0.320 e. The summed E-state index contributed by atoms with van der Waals surface area (Å²) in [7, 11) is 1.96. The molecular weight excluding hydrogens is 302 g/mol. The summed E-state index contributed by atoms with van der Waals surface area (Å²) in [5.41, 5.74) is 0.0188. The molecule has 5 heteroatoms. The van der Waals surface area contributed by atoms with Crippen molar-refractivity contribution >= 4 is 11.9 Å². The van der Waals surface area contributed by atoms with Gasteiger partial charge in [-0.1, -0.05) is 13.8 Å². The Morgan fingerprint density at radius 3 is 2.33 bits per heavy atom. The van der Waals surface area contributed by atoms with Crippen molar-refractivity contribution in [1.82, 2.24) is 15.1 Å². The lowest BCUT2D eigenvalue weighted by Gasteiger charge is -2.61. The van der Waals surface area contributed by atoms with Crippen LogP contribution in [0.25, 0.3) is 0 Å². The second kappa shape index (κ2) is 5.37. The summed E-state index contributed by atoms with van der Waals surface area (Å²) in [6.07, 6.45) is 5.74. The Kier molecular flexibility index (Phi) is 3.63. The summed E-state index contributed by atoms with van der Waals surface area (Å²) >= 11 is 0. The van der Waals surface area contributed by atoms with Crippen molar-refractivity contribution in [3.8, 4) is 0 Å². The number of hydrogen-bond donors (Lipinski definition) is 1. The third-order valence-electron chi connectivity index (χ3n) is 7.22. The predicted molar refractivity (Wildman–Crippen MR) is 92.4 cm³/mol. The van der Waals surface area contributed by atoms with E-state index in [2.05, 4.69) is 24.1 Å². The lowest BCUT2D eigenvalue weighted by atomic mass is 9.50. The smallest absolute Gasteiger partial charge is 0.320 e. The van der Waals surface area contributed by atoms with E-state index in [9.17, 15) is 9.59 Å². The monoisotopic (exact) mass is 333 g/mol. The van der Waals surface area contributed by atoms with E-state index in [-0.39, 0.29) is 17.5 Å². The molecule has 4 saturated carbocycles. The van der Waals surface area contributed by atoms with Gasteiger partial charge in [0.15, 0.2) is 0 Å². The molecule has 134 valence electrons. The summed E-state index contributed by atoms with van der Waals surface area (Å²) in [5.74, 6) is 2.46. The van der Waals surface area contributed by atoms with E-state index in [4.69, 9.17) is 0 Å². The van der Waals surface area contributed by atoms with Gasteiger partial charge in [-0.15, -0.1) is 0 Å². The summed E-state index contributed by atoms with van der Waals surface area (Å²) < 4.78 is 0. The second-order valence-electron chi connectivity index (χ2n) is 9.28. The molecule has 4 bridgehead atoms. The molecular formula is C19H31N3O2. The van der Waals surface area contributed by atoms with Crippen molar-refractivity contribution in [3.05, 3.63) is 0 Å². The van der Waals surface area contributed by atoms with Crippen LogP contribution in [0.5, 0.6) is 0 Å². The molecule has 3 atom stereocenters. The first-order chi connectivity index (χ1) is 11.3. The Morgan fingerprint density at radius 2 is 1.83 bits per heavy atom. The van der Waals surface area contributed by atoms with Gasteiger partial charge in [-0.05, 0) is 55.8 Å². The minimum atomic E-state index is 0.0188. The van der Waals surface area contributed by atoms with E-state index in [1.54, 1.807) is 6.92 Å². The molecule has 0 aromatic heterocycles. The third-order valence-corrected chi connectivity index (χ3v) is 7.22. The van der Waals surface area contributed by atoms with Crippen molar-refractivity contribution in [1.29, 1.82) is 0 Å². The number of likely N-dealkylation sites (N-methyl/N-ethyl adjacent to an activating group) is 1. The van der Waals surface area contributed by atoms with Crippen molar-refractivity contribution < 1.29 is 9.59 Å². The van der Waals surface area contributed by atoms with Crippen LogP contribution in [0.4, 0.5) is 4.79 Å². The fourth-order valence-electron chi connectivity index (χ4n) is 6.69. The minimum absolute atomic E-state index is 0.0188. The maximum atomic E-state index is 12.9. The topological polar surface area (TPSA) is 52.7 Å². The number of urea groups is 1. The number of carbonyl (C=O) groups excluding carboxylic acids is 2. The number of rotatable bonds is 3. The average molecular weight is 333 g/mol. The highest BCUT2D eigenvalue weighted by Crippen LogP contribution is 2.57. The van der Waals surface area contributed by atoms with Crippen molar-refractivity contribution in [3.63, 3.8) is 0 Å². The predicted octanol–water partition coefficient (Wildman–Crippen LogP) is 2.46. The molecule has 0 aromatic rings. The van der Waals surface area contributed by atoms with Crippen molar-refractivity contribution in [2.75, 3.05) is 13.6 Å². The van der Waals surface area contributed by atoms with Crippen LogP contribution >= 0.6 is 0 Å². The highest BCUT2D eigenvalue weighted by molar-refractivity contribution is 5.77. The van der Waals surface area contributed by atoms with Crippen LogP contribution in [0.15, 0.2) is 0 Å². The molecule has 5 nitrogen and oxygen atoms in total. The van der Waals surface area contributed by atoms with E-state index < -0.39 is 0 Å². The molecule has 5 rings (SSSR count). The Morgan fingerprint density at radius 1 is 1.21 bits per heavy atom. The molecule has 0 radical (unpaired) electrons. The van der Waals surface area contributed by atoms with E-state index in [0.717, 1.165) is 31.7 Å². The zero-order valence-electron chi connectivity index (χ0n) is 15.4. The number of carbonyl (C=O) groups is 2. The fourth-order valence-corrected chi connectivity index (χ4v) is 6.69. The van der Waals surface area contributed by atoms with Crippen LogP contribution < -0.4 is 5.32 Å². The largest absolute Gasteiger partial charge is 0.351 e. The molecule has 0 aromatic carbocycles. The van der Waals surface area contributed by atoms with Gasteiger partial charge < -0.3 is 15.1 Å². The Balaban J connectivity index is 1.57. The standard InChI is InChI=1S/C19H31N3O2/c1-11(2)16-10-22(18(24)21(16)4)17-14-5-13-6-15(17)9-19(7-13,8-14)20-12(3)23/h11,13-17H,5-10H2,1-4H3,(H,20,23). The van der Waals surface area contributed by atoms with Gasteiger partial charge >= 0.3 is 6.03 Å². The van der Waals surface area contributed by atoms with Crippen LogP contribution in [0.1, 0.15) is 52.9 Å². The molecule has 1 aliphatic heterocycles. The number of hydrogen-bond acceptors (Lipinski definition) is 2. The van der Waals surface area contributed by atoms with Crippen LogP contribution in [-0.2, 0) is 4.79 Å². The van der Waals surface area contributed by atoms with Crippen molar-refractivity contribution in [2.24, 2.45) is 23.7 Å². The van der Waals surface area contributed by atoms with Gasteiger partial charge in [-0.25, -0.2) is 4.79 Å². The van der Waals surface area contributed by atoms with Gasteiger partial charge in [0, 0.05) is 32.1 Å². The fraction of sp³-hybridized carbons (Fsp3) is 0.895. The molecule has 3 unspecified atom stereocenters. The molecule has 1 N–H and O–H groups in total. The van der Waals surface area contributed by atoms with E-state index in [1.165, 1.54) is 12.8 Å². The molecule has 1 heterocycles. The summed E-state index contributed by atoms with van der Waals surface area (Å²) in [5, 5.41) is 3.29.